The Balaban J connectivity index is 1.77. The Morgan fingerprint density at radius 2 is 1.95 bits per heavy atom. The Bertz CT molecular complexity index is 700. The van der Waals surface area contributed by atoms with Crippen LogP contribution in [0.3, 0.4) is 0 Å². The van der Waals surface area contributed by atoms with Gasteiger partial charge in [0.15, 0.2) is 0 Å². The second kappa shape index (κ2) is 5.24. The van der Waals surface area contributed by atoms with Crippen LogP contribution in [0, 0.1) is 6.92 Å². The molecule has 0 aliphatic carbocycles. The van der Waals surface area contributed by atoms with Crippen molar-refractivity contribution in [3.05, 3.63) is 47.7 Å². The summed E-state index contributed by atoms with van der Waals surface area (Å²) >= 11 is 0. The van der Waals surface area contributed by atoms with E-state index < -0.39 is 6.03 Å². The van der Waals surface area contributed by atoms with Crippen LogP contribution in [0.15, 0.2) is 45.9 Å². The molecule has 0 atom stereocenters. The maximum Gasteiger partial charge on any atom is 0.345 e. The minimum absolute atomic E-state index is 0.0249. The lowest BCUT2D eigenvalue weighted by atomic mass is 10.1. The maximum absolute atomic E-state index is 11.4. The molecule has 2 aromatic rings. The third-order valence-electron chi connectivity index (χ3n) is 3.08. The molecule has 21 heavy (non-hydrogen) atoms. The lowest BCUT2D eigenvalue weighted by Crippen LogP contribution is -2.25. The number of carbonyl (C=O) groups excluding carboxylic acids is 2. The summed E-state index contributed by atoms with van der Waals surface area (Å²) < 4.78 is 5.62. The summed E-state index contributed by atoms with van der Waals surface area (Å²) in [5, 5.41) is 7.00. The SMILES string of the molecule is Cc1ccc(-c2ccc(C=NN3C(=O)CNC3=O)o2)cc1. The molecule has 0 saturated carbocycles. The van der Waals surface area contributed by atoms with Gasteiger partial charge in [-0.05, 0) is 19.1 Å². The molecular formula is C15H13N3O3. The molecule has 3 rings (SSSR count). The van der Waals surface area contributed by atoms with Gasteiger partial charge in [0, 0.05) is 5.56 Å². The fraction of sp³-hybridized carbons (Fsp3) is 0.133. The Hall–Kier alpha value is -2.89. The second-order valence-electron chi connectivity index (χ2n) is 4.68. The summed E-state index contributed by atoms with van der Waals surface area (Å²) in [4.78, 5) is 22.7. The van der Waals surface area contributed by atoms with Gasteiger partial charge in [-0.2, -0.15) is 5.10 Å². The third kappa shape index (κ3) is 2.69. The molecule has 3 amide bonds. The van der Waals surface area contributed by atoms with Crippen LogP contribution in [0.4, 0.5) is 4.79 Å². The number of nitrogens with one attached hydrogen (secondary N) is 1. The smallest absolute Gasteiger partial charge is 0.345 e. The zero-order valence-corrected chi connectivity index (χ0v) is 11.4. The summed E-state index contributed by atoms with van der Waals surface area (Å²) in [6.07, 6.45) is 1.35. The Labute approximate surface area is 121 Å². The third-order valence-corrected chi connectivity index (χ3v) is 3.08. The molecule has 1 N–H and O–H groups in total. The van der Waals surface area contributed by atoms with Crippen LogP contribution in [0.25, 0.3) is 11.3 Å². The van der Waals surface area contributed by atoms with Crippen molar-refractivity contribution in [2.45, 2.75) is 6.92 Å². The van der Waals surface area contributed by atoms with Crippen molar-refractivity contribution in [3.63, 3.8) is 0 Å². The zero-order chi connectivity index (χ0) is 14.8. The topological polar surface area (TPSA) is 74.9 Å². The van der Waals surface area contributed by atoms with E-state index >= 15 is 0 Å². The van der Waals surface area contributed by atoms with Crippen molar-refractivity contribution in [2.75, 3.05) is 6.54 Å². The van der Waals surface area contributed by atoms with Crippen LogP contribution < -0.4 is 5.32 Å². The van der Waals surface area contributed by atoms with Crippen LogP contribution in [-0.2, 0) is 4.79 Å². The summed E-state index contributed by atoms with van der Waals surface area (Å²) in [5.41, 5.74) is 2.13. The quantitative estimate of drug-likeness (QED) is 0.692. The molecule has 2 heterocycles. The van der Waals surface area contributed by atoms with E-state index in [4.69, 9.17) is 4.42 Å². The van der Waals surface area contributed by atoms with Gasteiger partial charge in [0.2, 0.25) is 0 Å². The average molecular weight is 283 g/mol. The Morgan fingerprint density at radius 1 is 1.19 bits per heavy atom. The largest absolute Gasteiger partial charge is 0.455 e. The maximum atomic E-state index is 11.4. The lowest BCUT2D eigenvalue weighted by molar-refractivity contribution is -0.124. The van der Waals surface area contributed by atoms with Gasteiger partial charge < -0.3 is 9.73 Å². The van der Waals surface area contributed by atoms with E-state index in [9.17, 15) is 9.59 Å². The fourth-order valence-corrected chi connectivity index (χ4v) is 1.94. The summed E-state index contributed by atoms with van der Waals surface area (Å²) in [6.45, 7) is 1.99. The van der Waals surface area contributed by atoms with Crippen LogP contribution in [0.5, 0.6) is 0 Å². The van der Waals surface area contributed by atoms with Gasteiger partial charge in [-0.25, -0.2) is 4.79 Å². The number of hydrogen-bond acceptors (Lipinski definition) is 4. The number of amides is 3. The zero-order valence-electron chi connectivity index (χ0n) is 11.4. The molecule has 1 saturated heterocycles. The van der Waals surface area contributed by atoms with Crippen molar-refractivity contribution in [3.8, 4) is 11.3 Å². The molecule has 1 aliphatic heterocycles. The van der Waals surface area contributed by atoms with Crippen molar-refractivity contribution in [1.29, 1.82) is 0 Å². The second-order valence-corrected chi connectivity index (χ2v) is 4.68. The predicted octanol–water partition coefficient (Wildman–Crippen LogP) is 2.14. The minimum atomic E-state index is -0.526. The van der Waals surface area contributed by atoms with Crippen LogP contribution in [0.1, 0.15) is 11.3 Å². The number of hydrazone groups is 1. The first-order valence-electron chi connectivity index (χ1n) is 6.45. The highest BCUT2D eigenvalue weighted by atomic mass is 16.3. The number of urea groups is 1. The molecule has 0 spiro atoms. The molecule has 6 nitrogen and oxygen atoms in total. The summed E-state index contributed by atoms with van der Waals surface area (Å²) in [6, 6.07) is 11.0. The number of rotatable bonds is 3. The van der Waals surface area contributed by atoms with Gasteiger partial charge in [0.05, 0.1) is 6.21 Å². The van der Waals surface area contributed by atoms with Crippen molar-refractivity contribution in [1.82, 2.24) is 10.3 Å². The Kier molecular flexibility index (Phi) is 3.27. The highest BCUT2D eigenvalue weighted by Gasteiger charge is 2.27. The summed E-state index contributed by atoms with van der Waals surface area (Å²) in [5.74, 6) is 0.785. The highest BCUT2D eigenvalue weighted by molar-refractivity contribution is 6.02. The molecular weight excluding hydrogens is 270 g/mol. The van der Waals surface area contributed by atoms with E-state index in [1.165, 1.54) is 11.8 Å². The van der Waals surface area contributed by atoms with E-state index in [0.717, 1.165) is 10.6 Å². The van der Waals surface area contributed by atoms with Crippen LogP contribution >= 0.6 is 0 Å². The fourth-order valence-electron chi connectivity index (χ4n) is 1.94. The molecule has 1 aliphatic rings. The van der Waals surface area contributed by atoms with Gasteiger partial charge >= 0.3 is 6.03 Å². The molecule has 0 unspecified atom stereocenters. The van der Waals surface area contributed by atoms with E-state index in [2.05, 4.69) is 10.4 Å². The van der Waals surface area contributed by atoms with Gasteiger partial charge in [-0.15, -0.1) is 5.01 Å². The van der Waals surface area contributed by atoms with Gasteiger partial charge in [-0.3, -0.25) is 4.79 Å². The summed E-state index contributed by atoms with van der Waals surface area (Å²) in [7, 11) is 0. The van der Waals surface area contributed by atoms with Crippen molar-refractivity contribution >= 4 is 18.2 Å². The molecule has 6 heteroatoms. The minimum Gasteiger partial charge on any atom is -0.455 e. The molecule has 1 fully saturated rings. The number of furan rings is 1. The first-order valence-corrected chi connectivity index (χ1v) is 6.45. The molecule has 0 radical (unpaired) electrons. The van der Waals surface area contributed by atoms with E-state index in [1.807, 2.05) is 37.3 Å². The highest BCUT2D eigenvalue weighted by Crippen LogP contribution is 2.21. The van der Waals surface area contributed by atoms with Gasteiger partial charge in [0.25, 0.3) is 5.91 Å². The van der Waals surface area contributed by atoms with Gasteiger partial charge in [0.1, 0.15) is 18.1 Å². The first-order chi connectivity index (χ1) is 10.1. The van der Waals surface area contributed by atoms with Crippen molar-refractivity contribution < 1.29 is 14.0 Å². The molecule has 1 aromatic heterocycles. The average Bonchev–Trinajstić information content (AvgIpc) is 3.06. The van der Waals surface area contributed by atoms with E-state index in [1.54, 1.807) is 6.07 Å². The molecule has 1 aromatic carbocycles. The number of hydrogen-bond donors (Lipinski definition) is 1. The predicted molar refractivity (Wildman–Crippen MR) is 76.7 cm³/mol. The van der Waals surface area contributed by atoms with E-state index in [0.29, 0.717) is 11.5 Å². The standard InChI is InChI=1S/C15H13N3O3/c1-10-2-4-11(5-3-10)13-7-6-12(21-13)8-17-18-14(19)9-16-15(18)20/h2-8H,9H2,1H3,(H,16,20). The van der Waals surface area contributed by atoms with Gasteiger partial charge in [-0.1, -0.05) is 29.8 Å². The Morgan fingerprint density at radius 3 is 2.62 bits per heavy atom. The van der Waals surface area contributed by atoms with Crippen LogP contribution in [-0.4, -0.2) is 29.7 Å². The van der Waals surface area contributed by atoms with E-state index in [-0.39, 0.29) is 12.5 Å². The molecule has 0 bridgehead atoms. The number of nitrogens with zero attached hydrogens (tertiary/aromatic N) is 2. The van der Waals surface area contributed by atoms with Crippen LogP contribution in [0.2, 0.25) is 0 Å². The number of imide groups is 1. The number of aryl methyl sites for hydroxylation is 1. The monoisotopic (exact) mass is 283 g/mol. The number of carbonyl (C=O) groups is 2. The first kappa shape index (κ1) is 13.1. The number of benzene rings is 1. The normalized spacial score (nSPS) is 15.0. The molecule has 106 valence electrons. The van der Waals surface area contributed by atoms with Crippen molar-refractivity contribution in [2.24, 2.45) is 5.10 Å². The lowest BCUT2D eigenvalue weighted by Gasteiger charge is -2.02.